The number of imidazole rings is 1. The molecule has 0 saturated carbocycles. The van der Waals surface area contributed by atoms with E-state index in [0.29, 0.717) is 37.5 Å². The van der Waals surface area contributed by atoms with Crippen LogP contribution in [0.1, 0.15) is 24.5 Å². The number of carboxylic acid groups (broad SMARTS) is 1. The molecule has 1 fully saturated rings. The number of nitrogens with zero attached hydrogens (tertiary/aromatic N) is 4. The summed E-state index contributed by atoms with van der Waals surface area (Å²) in [6.07, 6.45) is 2.57. The van der Waals surface area contributed by atoms with Crippen molar-refractivity contribution >= 4 is 51.4 Å². The van der Waals surface area contributed by atoms with Gasteiger partial charge in [0.05, 0.1) is 34.6 Å². The molecule has 0 aliphatic carbocycles. The minimum absolute atomic E-state index is 0.163. The molecule has 10 nitrogen and oxygen atoms in total. The molecule has 12 heteroatoms. The second-order valence-corrected chi connectivity index (χ2v) is 10.5. The molecule has 0 radical (unpaired) electrons. The molecule has 0 spiro atoms. The molecule has 2 amide bonds. The van der Waals surface area contributed by atoms with Crippen molar-refractivity contribution in [3.63, 3.8) is 0 Å². The summed E-state index contributed by atoms with van der Waals surface area (Å²) in [5, 5.41) is 23.2. The van der Waals surface area contributed by atoms with Gasteiger partial charge in [0.1, 0.15) is 5.69 Å². The average molecular weight is 514 g/mol. The predicted molar refractivity (Wildman–Crippen MR) is 127 cm³/mol. The van der Waals surface area contributed by atoms with Gasteiger partial charge in [0, 0.05) is 24.6 Å². The van der Waals surface area contributed by atoms with E-state index >= 15 is 0 Å². The van der Waals surface area contributed by atoms with Crippen LogP contribution in [0, 0.1) is 18.8 Å². The van der Waals surface area contributed by atoms with Gasteiger partial charge in [0.2, 0.25) is 16.4 Å². The average Bonchev–Trinajstić information content (AvgIpc) is 3.39. The summed E-state index contributed by atoms with van der Waals surface area (Å²) < 4.78 is 3.26. The molecule has 3 aromatic rings. The minimum atomic E-state index is -1.44. The van der Waals surface area contributed by atoms with Crippen molar-refractivity contribution in [1.29, 1.82) is 0 Å². The van der Waals surface area contributed by atoms with E-state index < -0.39 is 36.0 Å². The van der Waals surface area contributed by atoms with Crippen LogP contribution in [0.3, 0.4) is 0 Å². The van der Waals surface area contributed by atoms with Gasteiger partial charge in [-0.1, -0.05) is 36.1 Å². The summed E-state index contributed by atoms with van der Waals surface area (Å²) in [6, 6.07) is 4.22. The summed E-state index contributed by atoms with van der Waals surface area (Å²) in [7, 11) is 0. The molecule has 0 unspecified atom stereocenters. The Balaban J connectivity index is 1.81. The number of aromatic nitrogens is 3. The lowest BCUT2D eigenvalue weighted by atomic mass is 9.77. The molecule has 5 rings (SSSR count). The lowest BCUT2D eigenvalue weighted by Crippen LogP contribution is -2.64. The number of thioether (sulfide) groups is 1. The number of pyridine rings is 1. The molecule has 0 bridgehead atoms. The Labute approximate surface area is 208 Å². The number of nitrogens with two attached hydrogens (primary N) is 1. The summed E-state index contributed by atoms with van der Waals surface area (Å²) in [5.74, 6) is -2.34. The normalized spacial score (nSPS) is 22.5. The maximum atomic E-state index is 12.8. The van der Waals surface area contributed by atoms with E-state index in [1.807, 2.05) is 17.6 Å². The molecular weight excluding hydrogens is 490 g/mol. The van der Waals surface area contributed by atoms with Gasteiger partial charge < -0.3 is 25.6 Å². The van der Waals surface area contributed by atoms with Crippen molar-refractivity contribution in [2.45, 2.75) is 37.9 Å². The third-order valence-corrected chi connectivity index (χ3v) is 8.89. The fourth-order valence-corrected chi connectivity index (χ4v) is 7.90. The van der Waals surface area contributed by atoms with Gasteiger partial charge in [-0.05, 0) is 25.3 Å². The van der Waals surface area contributed by atoms with E-state index in [1.54, 1.807) is 31.3 Å². The maximum absolute atomic E-state index is 12.8. The van der Waals surface area contributed by atoms with Gasteiger partial charge in [-0.25, -0.2) is 4.79 Å². The van der Waals surface area contributed by atoms with Crippen molar-refractivity contribution in [1.82, 2.24) is 14.5 Å². The van der Waals surface area contributed by atoms with E-state index in [1.165, 1.54) is 39.5 Å². The van der Waals surface area contributed by atoms with Crippen LogP contribution in [0.2, 0.25) is 0 Å². The Morgan fingerprint density at radius 2 is 2.09 bits per heavy atom. The standard InChI is InChI=1S/C23H23N5O5S2/c1-9-13(17(22(31)32)28-15(9)14(10(2)29)19(28)30)18-21(34-4)27-11(3)26(23(24)33)16(20(27)35-18)12-7-5-6-8-25-12/h5-10,14-15,29H,1-4H3,(H2-,24,31,32,33)/t9-,10+,14+,15+/m0/s1. The lowest BCUT2D eigenvalue weighted by molar-refractivity contribution is -0.557. The van der Waals surface area contributed by atoms with Gasteiger partial charge >= 0.3 is 6.03 Å². The lowest BCUT2D eigenvalue weighted by Gasteiger charge is -2.47. The number of aliphatic carboxylic acids is 1. The number of primary amides is 1. The van der Waals surface area contributed by atoms with Crippen LogP contribution in [0.5, 0.6) is 0 Å². The zero-order chi connectivity index (χ0) is 25.3. The van der Waals surface area contributed by atoms with Crippen molar-refractivity contribution in [3.8, 4) is 11.4 Å². The molecule has 0 aromatic carbocycles. The van der Waals surface area contributed by atoms with Gasteiger partial charge in [-0.2, -0.15) is 4.40 Å². The third-order valence-electron chi connectivity index (χ3n) is 6.80. The molecule has 2 aliphatic rings. The number of amides is 2. The molecule has 5 heterocycles. The van der Waals surface area contributed by atoms with Gasteiger partial charge in [0.15, 0.2) is 5.03 Å². The fraction of sp³-hybridized carbons (Fsp3) is 0.348. The number of aryl methyl sites for hydroxylation is 1. The van der Waals surface area contributed by atoms with Crippen molar-refractivity contribution < 1.29 is 29.0 Å². The zero-order valence-electron chi connectivity index (χ0n) is 19.4. The SMILES string of the molecule is CSc1c(C2=C(C(=O)[O-])N3C(=O)[C@H]([C@@H](C)O)[C@H]3[C@H]2C)sc2c(-c3ccccn3)n(C(N)=O)c(C)[n+]12. The first-order chi connectivity index (χ1) is 16.6. The smallest absolute Gasteiger partial charge is 0.411 e. The topological polar surface area (TPSA) is 146 Å². The summed E-state index contributed by atoms with van der Waals surface area (Å²) >= 11 is 2.71. The Hall–Kier alpha value is -3.22. The van der Waals surface area contributed by atoms with Crippen molar-refractivity contribution in [3.05, 3.63) is 40.8 Å². The highest BCUT2D eigenvalue weighted by Gasteiger charge is 2.59. The highest BCUT2D eigenvalue weighted by atomic mass is 32.2. The molecule has 35 heavy (non-hydrogen) atoms. The fourth-order valence-electron chi connectivity index (χ4n) is 5.39. The van der Waals surface area contributed by atoms with E-state index in [9.17, 15) is 24.6 Å². The number of thiazole rings is 1. The molecular formula is C23H23N5O5S2. The van der Waals surface area contributed by atoms with Crippen LogP contribution in [-0.2, 0) is 9.59 Å². The Morgan fingerprint density at radius 1 is 1.37 bits per heavy atom. The van der Waals surface area contributed by atoms with E-state index in [0.717, 1.165) is 0 Å². The number of carbonyl (C=O) groups excluding carboxylic acids is 3. The van der Waals surface area contributed by atoms with Crippen LogP contribution < -0.4 is 15.2 Å². The number of β-lactam (4-membered cyclic amide) rings is 1. The van der Waals surface area contributed by atoms with Crippen LogP contribution in [-0.4, -0.2) is 55.9 Å². The monoisotopic (exact) mass is 513 g/mol. The second-order valence-electron chi connectivity index (χ2n) is 8.67. The number of rotatable bonds is 5. The van der Waals surface area contributed by atoms with Gasteiger partial charge in [-0.15, -0.1) is 4.57 Å². The van der Waals surface area contributed by atoms with Gasteiger partial charge in [-0.3, -0.25) is 9.78 Å². The van der Waals surface area contributed by atoms with Crippen LogP contribution in [0.15, 0.2) is 35.1 Å². The number of carboxylic acids is 1. The first kappa shape index (κ1) is 23.5. The first-order valence-corrected chi connectivity index (χ1v) is 13.0. The van der Waals surface area contributed by atoms with Crippen molar-refractivity contribution in [2.75, 3.05) is 6.26 Å². The van der Waals surface area contributed by atoms with Crippen LogP contribution >= 0.6 is 23.1 Å². The zero-order valence-corrected chi connectivity index (χ0v) is 21.0. The summed E-state index contributed by atoms with van der Waals surface area (Å²) in [6.45, 7) is 5.16. The molecule has 1 saturated heterocycles. The number of aliphatic hydroxyl groups is 1. The Morgan fingerprint density at radius 3 is 2.63 bits per heavy atom. The van der Waals surface area contributed by atoms with Crippen LogP contribution in [0.25, 0.3) is 21.8 Å². The number of carbonyl (C=O) groups is 3. The quantitative estimate of drug-likeness (QED) is 0.289. The van der Waals surface area contributed by atoms with Crippen LogP contribution in [0.4, 0.5) is 4.79 Å². The maximum Gasteiger partial charge on any atom is 0.411 e. The number of hydrogen-bond acceptors (Lipinski definition) is 8. The largest absolute Gasteiger partial charge is 0.543 e. The summed E-state index contributed by atoms with van der Waals surface area (Å²) in [4.78, 5) is 44.5. The summed E-state index contributed by atoms with van der Waals surface area (Å²) in [5.41, 5.74) is 7.10. The molecule has 3 aromatic heterocycles. The Kier molecular flexibility index (Phi) is 5.49. The minimum Gasteiger partial charge on any atom is -0.543 e. The number of hydrogen-bond donors (Lipinski definition) is 2. The molecule has 4 atom stereocenters. The number of aliphatic hydroxyl groups excluding tert-OH is 1. The number of fused-ring (bicyclic) bond motifs is 2. The molecule has 182 valence electrons. The predicted octanol–water partition coefficient (Wildman–Crippen LogP) is 0.626. The third kappa shape index (κ3) is 3.09. The molecule has 2 aliphatic heterocycles. The first-order valence-electron chi connectivity index (χ1n) is 10.9. The molecule has 3 N–H and O–H groups in total. The highest BCUT2D eigenvalue weighted by Crippen LogP contribution is 2.52. The second kappa shape index (κ2) is 8.18. The highest BCUT2D eigenvalue weighted by molar-refractivity contribution is 7.98. The Bertz CT molecular complexity index is 1440. The van der Waals surface area contributed by atoms with E-state index in [-0.39, 0.29) is 11.6 Å². The van der Waals surface area contributed by atoms with Gasteiger partial charge in [0.25, 0.3) is 5.82 Å². The van der Waals surface area contributed by atoms with E-state index in [4.69, 9.17) is 5.73 Å². The van der Waals surface area contributed by atoms with E-state index in [2.05, 4.69) is 4.98 Å². The van der Waals surface area contributed by atoms with Crippen molar-refractivity contribution in [2.24, 2.45) is 17.6 Å².